The molecule has 26 heavy (non-hydrogen) atoms. The number of phenolic OH excluding ortho intramolecular Hbond substituents is 1. The van der Waals surface area contributed by atoms with Gasteiger partial charge in [0, 0.05) is 5.56 Å². The average Bonchev–Trinajstić information content (AvgIpc) is 2.94. The molecule has 3 rings (SSSR count). The fourth-order valence-electron chi connectivity index (χ4n) is 3.65. The van der Waals surface area contributed by atoms with Gasteiger partial charge in [0.25, 0.3) is 0 Å². The molecule has 0 saturated heterocycles. The van der Waals surface area contributed by atoms with E-state index >= 15 is 0 Å². The minimum Gasteiger partial charge on any atom is -0.507 e. The predicted molar refractivity (Wildman–Crippen MR) is 108 cm³/mol. The van der Waals surface area contributed by atoms with Crippen LogP contribution in [0, 0.1) is 19.3 Å². The lowest BCUT2D eigenvalue weighted by Crippen LogP contribution is -2.22. The first-order chi connectivity index (χ1) is 12.2. The summed E-state index contributed by atoms with van der Waals surface area (Å²) in [6.45, 7) is 8.27. The van der Waals surface area contributed by atoms with Gasteiger partial charge >= 0.3 is 0 Å². The molecule has 1 aliphatic carbocycles. The highest BCUT2D eigenvalue weighted by Gasteiger charge is 2.32. The molecule has 0 amide bonds. The van der Waals surface area contributed by atoms with Crippen molar-refractivity contribution in [3.8, 4) is 10.8 Å². The highest BCUT2D eigenvalue weighted by molar-refractivity contribution is 7.16. The van der Waals surface area contributed by atoms with Gasteiger partial charge in [0.1, 0.15) is 5.75 Å². The number of aryl methyl sites for hydroxylation is 2. The number of allylic oxidation sites excluding steroid dienone is 1. The van der Waals surface area contributed by atoms with Crippen molar-refractivity contribution in [2.45, 2.75) is 47.0 Å². The molecule has 0 aliphatic heterocycles. The first-order valence-corrected chi connectivity index (χ1v) is 9.74. The summed E-state index contributed by atoms with van der Waals surface area (Å²) in [5.74, 6) is 0.339. The predicted octanol–water partition coefficient (Wildman–Crippen LogP) is 5.49. The van der Waals surface area contributed by atoms with Crippen LogP contribution in [0.5, 0.6) is 10.8 Å². The molecule has 1 aliphatic rings. The van der Waals surface area contributed by atoms with Crippen LogP contribution >= 0.6 is 11.3 Å². The molecule has 1 aromatic heterocycles. The van der Waals surface area contributed by atoms with Crippen molar-refractivity contribution in [3.63, 3.8) is 0 Å². The normalized spacial score (nSPS) is 15.9. The van der Waals surface area contributed by atoms with E-state index in [1.807, 2.05) is 32.1 Å². The minimum atomic E-state index is 0.0256. The summed E-state index contributed by atoms with van der Waals surface area (Å²) in [6, 6.07) is 3.78. The van der Waals surface area contributed by atoms with Crippen LogP contribution < -0.4 is 4.74 Å². The Kier molecular flexibility index (Phi) is 4.98. The standard InChI is InChI=1S/C22H26O3S/c1-13-10-15(11-14(2)19(13)24)6-7-18(23)20-16-8-9-22(3,4)12-17(16)21(25-5)26-20/h6-7,10-11,24H,8-9,12H2,1-5H3. The highest BCUT2D eigenvalue weighted by Crippen LogP contribution is 2.45. The number of carbonyl (C=O) groups is 1. The summed E-state index contributed by atoms with van der Waals surface area (Å²) in [5, 5.41) is 10.8. The van der Waals surface area contributed by atoms with E-state index in [1.165, 1.54) is 22.5 Å². The number of hydrogen-bond acceptors (Lipinski definition) is 4. The SMILES string of the molecule is COc1sc(C(=O)C=Cc2cc(C)c(O)c(C)c2)c2c1CC(C)(C)CC2. The molecule has 0 fully saturated rings. The number of carbonyl (C=O) groups excluding carboxylic acids is 1. The minimum absolute atomic E-state index is 0.0256. The number of hydrogen-bond donors (Lipinski definition) is 1. The highest BCUT2D eigenvalue weighted by atomic mass is 32.1. The number of methoxy groups -OCH3 is 1. The van der Waals surface area contributed by atoms with Gasteiger partial charge in [-0.25, -0.2) is 0 Å². The molecular formula is C22H26O3S. The van der Waals surface area contributed by atoms with Gasteiger partial charge in [0.15, 0.2) is 10.8 Å². The van der Waals surface area contributed by atoms with Gasteiger partial charge in [0.2, 0.25) is 0 Å². The van der Waals surface area contributed by atoms with Crippen molar-refractivity contribution in [1.82, 2.24) is 0 Å². The Morgan fingerprint density at radius 1 is 1.23 bits per heavy atom. The lowest BCUT2D eigenvalue weighted by molar-refractivity contribution is 0.105. The second-order valence-electron chi connectivity index (χ2n) is 7.92. The topological polar surface area (TPSA) is 46.5 Å². The van der Waals surface area contributed by atoms with Crippen LogP contribution in [0.3, 0.4) is 0 Å². The molecule has 0 unspecified atom stereocenters. The van der Waals surface area contributed by atoms with Crippen LogP contribution in [-0.4, -0.2) is 18.0 Å². The Bertz CT molecular complexity index is 864. The first-order valence-electron chi connectivity index (χ1n) is 8.93. The number of fused-ring (bicyclic) bond motifs is 1. The van der Waals surface area contributed by atoms with Crippen molar-refractivity contribution in [3.05, 3.63) is 50.9 Å². The average molecular weight is 371 g/mol. The number of rotatable bonds is 4. The van der Waals surface area contributed by atoms with Gasteiger partial charge in [-0.2, -0.15) is 0 Å². The Balaban J connectivity index is 1.91. The maximum absolute atomic E-state index is 12.8. The van der Waals surface area contributed by atoms with Gasteiger partial charge in [-0.1, -0.05) is 31.3 Å². The van der Waals surface area contributed by atoms with Crippen molar-refractivity contribution in [2.75, 3.05) is 7.11 Å². The molecule has 0 spiro atoms. The maximum atomic E-state index is 12.8. The monoisotopic (exact) mass is 370 g/mol. The zero-order valence-electron chi connectivity index (χ0n) is 16.1. The second-order valence-corrected chi connectivity index (χ2v) is 8.90. The molecule has 1 heterocycles. The number of benzene rings is 1. The van der Waals surface area contributed by atoms with Gasteiger partial charge in [-0.3, -0.25) is 4.79 Å². The van der Waals surface area contributed by atoms with E-state index < -0.39 is 0 Å². The molecule has 1 aromatic carbocycles. The first kappa shape index (κ1) is 18.7. The van der Waals surface area contributed by atoms with E-state index in [1.54, 1.807) is 13.2 Å². The summed E-state index contributed by atoms with van der Waals surface area (Å²) >= 11 is 1.47. The smallest absolute Gasteiger partial charge is 0.196 e. The van der Waals surface area contributed by atoms with Crippen molar-refractivity contribution in [1.29, 1.82) is 0 Å². The molecule has 2 aromatic rings. The van der Waals surface area contributed by atoms with Gasteiger partial charge < -0.3 is 9.84 Å². The lowest BCUT2D eigenvalue weighted by atomic mass is 9.75. The van der Waals surface area contributed by atoms with E-state index in [0.717, 1.165) is 45.9 Å². The van der Waals surface area contributed by atoms with Crippen LogP contribution in [0.2, 0.25) is 0 Å². The third-order valence-electron chi connectivity index (χ3n) is 5.14. The molecule has 0 saturated carbocycles. The van der Waals surface area contributed by atoms with Gasteiger partial charge in [-0.05, 0) is 79.0 Å². The Morgan fingerprint density at radius 2 is 1.88 bits per heavy atom. The van der Waals surface area contributed by atoms with E-state index in [2.05, 4.69) is 13.8 Å². The zero-order chi connectivity index (χ0) is 19.1. The van der Waals surface area contributed by atoms with Crippen molar-refractivity contribution >= 4 is 23.2 Å². The number of ether oxygens (including phenoxy) is 1. The maximum Gasteiger partial charge on any atom is 0.196 e. The Hall–Kier alpha value is -2.07. The number of phenols is 1. The van der Waals surface area contributed by atoms with E-state index in [0.29, 0.717) is 5.75 Å². The van der Waals surface area contributed by atoms with Gasteiger partial charge in [-0.15, -0.1) is 0 Å². The summed E-state index contributed by atoms with van der Waals surface area (Å²) in [7, 11) is 1.68. The molecule has 0 atom stereocenters. The summed E-state index contributed by atoms with van der Waals surface area (Å²) in [6.07, 6.45) is 6.42. The fourth-order valence-corrected chi connectivity index (χ4v) is 4.75. The summed E-state index contributed by atoms with van der Waals surface area (Å²) in [5.41, 5.74) is 5.17. The summed E-state index contributed by atoms with van der Waals surface area (Å²) in [4.78, 5) is 13.6. The number of ketones is 1. The largest absolute Gasteiger partial charge is 0.507 e. The molecule has 138 valence electrons. The van der Waals surface area contributed by atoms with Gasteiger partial charge in [0.05, 0.1) is 12.0 Å². The number of aromatic hydroxyl groups is 1. The Labute approximate surface area is 159 Å². The summed E-state index contributed by atoms with van der Waals surface area (Å²) < 4.78 is 5.56. The molecule has 4 heteroatoms. The van der Waals surface area contributed by atoms with Crippen LogP contribution in [-0.2, 0) is 12.8 Å². The third-order valence-corrected chi connectivity index (χ3v) is 6.39. The van der Waals surface area contributed by atoms with E-state index in [-0.39, 0.29) is 11.2 Å². The fraction of sp³-hybridized carbons (Fsp3) is 0.409. The molecule has 0 radical (unpaired) electrons. The van der Waals surface area contributed by atoms with Crippen molar-refractivity contribution in [2.24, 2.45) is 5.41 Å². The van der Waals surface area contributed by atoms with Crippen LogP contribution in [0.25, 0.3) is 6.08 Å². The zero-order valence-corrected chi connectivity index (χ0v) is 16.9. The quantitative estimate of drug-likeness (QED) is 0.572. The van der Waals surface area contributed by atoms with E-state index in [9.17, 15) is 9.90 Å². The second kappa shape index (κ2) is 6.92. The van der Waals surface area contributed by atoms with Crippen LogP contribution in [0.15, 0.2) is 18.2 Å². The lowest BCUT2D eigenvalue weighted by Gasteiger charge is -2.30. The third kappa shape index (κ3) is 3.56. The molecular weight excluding hydrogens is 344 g/mol. The molecule has 1 N–H and O–H groups in total. The van der Waals surface area contributed by atoms with E-state index in [4.69, 9.17) is 4.74 Å². The molecule has 3 nitrogen and oxygen atoms in total. The Morgan fingerprint density at radius 3 is 2.50 bits per heavy atom. The van der Waals surface area contributed by atoms with Crippen LogP contribution in [0.1, 0.15) is 57.8 Å². The number of thiophene rings is 1. The van der Waals surface area contributed by atoms with Crippen molar-refractivity contribution < 1.29 is 14.6 Å². The molecule has 0 bridgehead atoms. The van der Waals surface area contributed by atoms with Crippen LogP contribution in [0.4, 0.5) is 0 Å².